The van der Waals surface area contributed by atoms with Gasteiger partial charge in [0.05, 0.1) is 6.10 Å². The van der Waals surface area contributed by atoms with Gasteiger partial charge < -0.3 is 19.5 Å². The van der Waals surface area contributed by atoms with E-state index in [1.165, 1.54) is 70.6 Å². The molecule has 0 spiro atoms. The van der Waals surface area contributed by atoms with Crippen LogP contribution >= 0.6 is 0 Å². The Balaban J connectivity index is 1.05. The van der Waals surface area contributed by atoms with Crippen LogP contribution in [0.5, 0.6) is 0 Å². The SMILES string of the molecule is CC(=O)N[C@H](C)[C@H]1CCC2C3CC=C4C[C@@H](OCCCCCCOC5CCCCO5)CC[C@]4(C)C3CC[C@@]21C. The molecule has 1 heterocycles. The summed E-state index contributed by atoms with van der Waals surface area (Å²) >= 11 is 0. The van der Waals surface area contributed by atoms with Gasteiger partial charge in [-0.1, -0.05) is 38.3 Å². The number of fused-ring (bicyclic) bond motifs is 5. The Kier molecular flexibility index (Phi) is 9.82. The summed E-state index contributed by atoms with van der Waals surface area (Å²) in [6.45, 7) is 11.7. The molecule has 4 fully saturated rings. The van der Waals surface area contributed by atoms with Crippen LogP contribution in [0, 0.1) is 34.5 Å². The summed E-state index contributed by atoms with van der Waals surface area (Å²) in [7, 11) is 0. The second kappa shape index (κ2) is 12.9. The van der Waals surface area contributed by atoms with Gasteiger partial charge in [-0.2, -0.15) is 0 Å². The highest BCUT2D eigenvalue weighted by molar-refractivity contribution is 5.73. The van der Waals surface area contributed by atoms with E-state index >= 15 is 0 Å². The normalized spacial score (nSPS) is 40.7. The molecule has 4 aliphatic carbocycles. The molecule has 222 valence electrons. The van der Waals surface area contributed by atoms with Gasteiger partial charge in [0.25, 0.3) is 0 Å². The largest absolute Gasteiger partial charge is 0.378 e. The smallest absolute Gasteiger partial charge is 0.217 e. The highest BCUT2D eigenvalue weighted by atomic mass is 16.7. The second-order valence-electron chi connectivity index (χ2n) is 14.3. The van der Waals surface area contributed by atoms with Crippen LogP contribution in [0.1, 0.15) is 124 Å². The number of allylic oxidation sites excluding steroid dienone is 1. The van der Waals surface area contributed by atoms with Crippen LogP contribution in [-0.2, 0) is 19.0 Å². The van der Waals surface area contributed by atoms with Crippen molar-refractivity contribution in [3.8, 4) is 0 Å². The van der Waals surface area contributed by atoms with Crippen molar-refractivity contribution in [2.45, 2.75) is 142 Å². The Morgan fingerprint density at radius 1 is 1.00 bits per heavy atom. The van der Waals surface area contributed by atoms with E-state index in [-0.39, 0.29) is 18.2 Å². The van der Waals surface area contributed by atoms with E-state index in [4.69, 9.17) is 14.2 Å². The zero-order valence-electron chi connectivity index (χ0n) is 25.5. The third-order valence-electron chi connectivity index (χ3n) is 12.0. The van der Waals surface area contributed by atoms with Crippen molar-refractivity contribution in [2.75, 3.05) is 19.8 Å². The minimum absolute atomic E-state index is 0.0513. The summed E-state index contributed by atoms with van der Waals surface area (Å²) in [6.07, 6.45) is 21.6. The van der Waals surface area contributed by atoms with E-state index < -0.39 is 0 Å². The van der Waals surface area contributed by atoms with Crippen LogP contribution in [0.2, 0.25) is 0 Å². The van der Waals surface area contributed by atoms with Crippen LogP contribution < -0.4 is 5.32 Å². The van der Waals surface area contributed by atoms with Gasteiger partial charge in [0.1, 0.15) is 0 Å². The summed E-state index contributed by atoms with van der Waals surface area (Å²) in [5.41, 5.74) is 2.46. The summed E-state index contributed by atoms with van der Waals surface area (Å²) in [5, 5.41) is 3.24. The van der Waals surface area contributed by atoms with Crippen molar-refractivity contribution < 1.29 is 19.0 Å². The Bertz CT molecular complexity index is 852. The first-order valence-corrected chi connectivity index (χ1v) is 16.6. The average molecular weight is 544 g/mol. The van der Waals surface area contributed by atoms with E-state index in [1.54, 1.807) is 12.5 Å². The molecule has 1 amide bonds. The van der Waals surface area contributed by atoms with E-state index in [0.29, 0.717) is 22.9 Å². The van der Waals surface area contributed by atoms with E-state index in [2.05, 4.69) is 32.2 Å². The van der Waals surface area contributed by atoms with Gasteiger partial charge in [0, 0.05) is 32.8 Å². The van der Waals surface area contributed by atoms with Crippen molar-refractivity contribution in [2.24, 2.45) is 34.5 Å². The van der Waals surface area contributed by atoms with Crippen molar-refractivity contribution in [1.82, 2.24) is 5.32 Å². The molecular formula is C34H57NO4. The topological polar surface area (TPSA) is 56.8 Å². The standard InChI is InChI=1S/C34H57NO4/c1-24(35-25(2)36)29-14-15-30-28-13-12-26-23-27(16-18-33(26,3)31(28)17-19-34(29,30)4)37-20-8-5-6-9-21-38-32-11-7-10-22-39-32/h12,24,27-32H,5-11,13-23H2,1-4H3,(H,35,36)/t24-,27+,28?,29-,30?,31?,32?,33+,34-/m1/s1. The zero-order valence-corrected chi connectivity index (χ0v) is 25.5. The molecule has 1 saturated heterocycles. The van der Waals surface area contributed by atoms with Crippen LogP contribution in [0.25, 0.3) is 0 Å². The predicted octanol–water partition coefficient (Wildman–Crippen LogP) is 7.58. The van der Waals surface area contributed by atoms with Crippen molar-refractivity contribution in [3.05, 3.63) is 11.6 Å². The fourth-order valence-electron chi connectivity index (χ4n) is 9.92. The van der Waals surface area contributed by atoms with Gasteiger partial charge in [-0.3, -0.25) is 4.79 Å². The predicted molar refractivity (Wildman–Crippen MR) is 156 cm³/mol. The number of rotatable bonds is 11. The molecule has 0 radical (unpaired) electrons. The van der Waals surface area contributed by atoms with Gasteiger partial charge >= 0.3 is 0 Å². The van der Waals surface area contributed by atoms with Crippen molar-refractivity contribution in [3.63, 3.8) is 0 Å². The monoisotopic (exact) mass is 543 g/mol. The molecular weight excluding hydrogens is 486 g/mol. The van der Waals surface area contributed by atoms with E-state index in [1.807, 2.05) is 0 Å². The number of carbonyl (C=O) groups excluding carboxylic acids is 1. The van der Waals surface area contributed by atoms with Gasteiger partial charge in [0.15, 0.2) is 6.29 Å². The molecule has 3 saturated carbocycles. The molecule has 0 aromatic carbocycles. The summed E-state index contributed by atoms with van der Waals surface area (Å²) in [4.78, 5) is 11.8. The van der Waals surface area contributed by atoms with Crippen LogP contribution in [0.4, 0.5) is 0 Å². The number of unbranched alkanes of at least 4 members (excludes halogenated alkanes) is 3. The van der Waals surface area contributed by atoms with E-state index in [0.717, 1.165) is 63.3 Å². The number of amides is 1. The summed E-state index contributed by atoms with van der Waals surface area (Å²) < 4.78 is 18.0. The molecule has 39 heavy (non-hydrogen) atoms. The number of hydrogen-bond acceptors (Lipinski definition) is 4. The van der Waals surface area contributed by atoms with Crippen LogP contribution in [0.15, 0.2) is 11.6 Å². The third-order valence-corrected chi connectivity index (χ3v) is 12.0. The second-order valence-corrected chi connectivity index (χ2v) is 14.3. The number of ether oxygens (including phenoxy) is 3. The Morgan fingerprint density at radius 2 is 1.79 bits per heavy atom. The Morgan fingerprint density at radius 3 is 2.54 bits per heavy atom. The minimum Gasteiger partial charge on any atom is -0.378 e. The lowest BCUT2D eigenvalue weighted by Gasteiger charge is -2.58. The molecule has 0 aromatic heterocycles. The molecule has 9 atom stereocenters. The summed E-state index contributed by atoms with van der Waals surface area (Å²) in [5.74, 6) is 3.19. The number of nitrogens with one attached hydrogen (secondary N) is 1. The number of carbonyl (C=O) groups is 1. The molecule has 0 bridgehead atoms. The molecule has 5 nitrogen and oxygen atoms in total. The lowest BCUT2D eigenvalue weighted by molar-refractivity contribution is -0.162. The third kappa shape index (κ3) is 6.46. The maximum atomic E-state index is 11.8. The fraction of sp³-hybridized carbons (Fsp3) is 0.912. The Labute approximate surface area is 238 Å². The van der Waals surface area contributed by atoms with Crippen LogP contribution in [0.3, 0.4) is 0 Å². The average Bonchev–Trinajstić information content (AvgIpc) is 3.28. The molecule has 5 rings (SSSR count). The van der Waals surface area contributed by atoms with Gasteiger partial charge in [-0.05, 0) is 125 Å². The number of hydrogen-bond donors (Lipinski definition) is 1. The molecule has 0 aromatic rings. The minimum atomic E-state index is 0.0513. The van der Waals surface area contributed by atoms with Crippen molar-refractivity contribution in [1.29, 1.82) is 0 Å². The van der Waals surface area contributed by atoms with Gasteiger partial charge in [-0.25, -0.2) is 0 Å². The molecule has 5 heteroatoms. The molecule has 5 aliphatic rings. The highest BCUT2D eigenvalue weighted by Crippen LogP contribution is 2.66. The molecule has 1 N–H and O–H groups in total. The maximum absolute atomic E-state index is 11.8. The van der Waals surface area contributed by atoms with Gasteiger partial charge in [-0.15, -0.1) is 0 Å². The first kappa shape index (κ1) is 29.6. The van der Waals surface area contributed by atoms with Crippen LogP contribution in [-0.4, -0.2) is 44.2 Å². The first-order chi connectivity index (χ1) is 18.8. The van der Waals surface area contributed by atoms with Crippen molar-refractivity contribution >= 4 is 5.91 Å². The Hall–Kier alpha value is -0.910. The zero-order chi connectivity index (χ0) is 27.5. The molecule has 4 unspecified atom stereocenters. The maximum Gasteiger partial charge on any atom is 0.217 e. The lowest BCUT2D eigenvalue weighted by atomic mass is 9.47. The fourth-order valence-corrected chi connectivity index (χ4v) is 9.92. The van der Waals surface area contributed by atoms with Gasteiger partial charge in [0.2, 0.25) is 5.91 Å². The highest BCUT2D eigenvalue weighted by Gasteiger charge is 2.59. The quantitative estimate of drug-likeness (QED) is 0.216. The summed E-state index contributed by atoms with van der Waals surface area (Å²) in [6, 6.07) is 0.288. The lowest BCUT2D eigenvalue weighted by Crippen LogP contribution is -2.52. The first-order valence-electron chi connectivity index (χ1n) is 16.6. The molecule has 1 aliphatic heterocycles. The van der Waals surface area contributed by atoms with E-state index in [9.17, 15) is 4.79 Å².